The lowest BCUT2D eigenvalue weighted by atomic mass is 10.1. The molecule has 1 atom stereocenters. The Kier molecular flexibility index (Phi) is 3.16. The largest absolute Gasteiger partial charge is 0.317 e. The molecule has 0 fully saturated rings. The van der Waals surface area contributed by atoms with Crippen molar-refractivity contribution in [2.24, 2.45) is 5.73 Å². The predicted octanol–water partition coefficient (Wildman–Crippen LogP) is 1.28. The molecule has 0 aromatic carbocycles. The third kappa shape index (κ3) is 2.25. The number of nitrogens with two attached hydrogens (primary N) is 1. The first-order valence-electron chi connectivity index (χ1n) is 3.48. The Morgan fingerprint density at radius 2 is 2.33 bits per heavy atom. The molecule has 0 amide bonds. The molecule has 1 heterocycles. The summed E-state index contributed by atoms with van der Waals surface area (Å²) in [5.41, 5.74) is 6.20. The summed E-state index contributed by atoms with van der Waals surface area (Å²) < 4.78 is 1.03. The van der Waals surface area contributed by atoms with Gasteiger partial charge in [-0.05, 0) is 41.6 Å². The van der Waals surface area contributed by atoms with Gasteiger partial charge in [0, 0.05) is 9.77 Å². The molecule has 1 aromatic rings. The molecule has 4 heteroatoms. The lowest BCUT2D eigenvalue weighted by Gasteiger charge is -2.05. The predicted molar refractivity (Wildman–Crippen MR) is 54.6 cm³/mol. The fraction of sp³-hybridized carbons (Fsp3) is 0.250. The number of pyridine rings is 1. The minimum absolute atomic E-state index is 0.0660. The molecule has 0 saturated carbocycles. The summed E-state index contributed by atoms with van der Waals surface area (Å²) in [6.07, 6.45) is 1.69. The lowest BCUT2D eigenvalue weighted by molar-refractivity contribution is -0.118. The number of hydrogen-bond acceptors (Lipinski definition) is 3. The van der Waals surface area contributed by atoms with Gasteiger partial charge in [0.05, 0.1) is 5.69 Å². The Morgan fingerprint density at radius 1 is 1.67 bits per heavy atom. The number of hydrogen-bond donors (Lipinski definition) is 1. The third-order valence-electron chi connectivity index (χ3n) is 1.51. The van der Waals surface area contributed by atoms with E-state index in [4.69, 9.17) is 5.73 Å². The minimum atomic E-state index is -0.581. The van der Waals surface area contributed by atoms with Crippen molar-refractivity contribution in [1.29, 1.82) is 0 Å². The maximum Gasteiger partial charge on any atom is 0.152 e. The van der Waals surface area contributed by atoms with Crippen LogP contribution in [0.5, 0.6) is 0 Å². The fourth-order valence-corrected chi connectivity index (χ4v) is 1.10. The fourth-order valence-electron chi connectivity index (χ4n) is 0.779. The van der Waals surface area contributed by atoms with Gasteiger partial charge in [0.15, 0.2) is 5.78 Å². The second-order valence-electron chi connectivity index (χ2n) is 2.49. The molecular weight excluding hydrogens is 267 g/mol. The molecule has 1 unspecified atom stereocenters. The number of carbonyl (C=O) groups is 1. The second kappa shape index (κ2) is 3.95. The van der Waals surface area contributed by atoms with Gasteiger partial charge in [-0.15, -0.1) is 0 Å². The maximum absolute atomic E-state index is 10.9. The number of halogens is 1. The zero-order valence-corrected chi connectivity index (χ0v) is 8.78. The van der Waals surface area contributed by atoms with E-state index in [9.17, 15) is 4.79 Å². The van der Waals surface area contributed by atoms with Crippen LogP contribution in [-0.2, 0) is 4.79 Å². The summed E-state index contributed by atoms with van der Waals surface area (Å²) in [5.74, 6) is -0.0660. The molecule has 12 heavy (non-hydrogen) atoms. The summed E-state index contributed by atoms with van der Waals surface area (Å²) in [6.45, 7) is 1.46. The second-order valence-corrected chi connectivity index (χ2v) is 3.74. The Balaban J connectivity index is 2.89. The van der Waals surface area contributed by atoms with Crippen molar-refractivity contribution in [2.45, 2.75) is 13.0 Å². The average molecular weight is 276 g/mol. The molecule has 1 rings (SSSR count). The molecule has 0 spiro atoms. The van der Waals surface area contributed by atoms with E-state index in [0.29, 0.717) is 5.69 Å². The van der Waals surface area contributed by atoms with Crippen LogP contribution in [-0.4, -0.2) is 10.8 Å². The van der Waals surface area contributed by atoms with Crippen LogP contribution in [0.15, 0.2) is 18.3 Å². The molecule has 0 aliphatic heterocycles. The van der Waals surface area contributed by atoms with E-state index in [0.717, 1.165) is 3.57 Å². The van der Waals surface area contributed by atoms with Crippen LogP contribution in [0.4, 0.5) is 0 Å². The summed E-state index contributed by atoms with van der Waals surface area (Å²) in [4.78, 5) is 14.9. The van der Waals surface area contributed by atoms with Gasteiger partial charge in [0.25, 0.3) is 0 Å². The van der Waals surface area contributed by atoms with Crippen LogP contribution in [0.25, 0.3) is 0 Å². The SMILES string of the molecule is CC(=O)C(N)c1ccc(I)cn1. The smallest absolute Gasteiger partial charge is 0.152 e. The number of aromatic nitrogens is 1. The topological polar surface area (TPSA) is 56.0 Å². The standard InChI is InChI=1S/C8H9IN2O/c1-5(12)8(10)7-3-2-6(9)4-11-7/h2-4,8H,10H2,1H3. The Labute approximate surface area is 84.5 Å². The van der Waals surface area contributed by atoms with Gasteiger partial charge in [-0.3, -0.25) is 9.78 Å². The number of carbonyl (C=O) groups excluding carboxylic acids is 1. The van der Waals surface area contributed by atoms with Crippen LogP contribution >= 0.6 is 22.6 Å². The van der Waals surface area contributed by atoms with Crippen LogP contribution in [0, 0.1) is 3.57 Å². The molecule has 0 saturated heterocycles. The number of Topliss-reactive ketones (excluding diaryl/α,β-unsaturated/α-hetero) is 1. The zero-order valence-electron chi connectivity index (χ0n) is 6.62. The molecule has 0 aliphatic carbocycles. The van der Waals surface area contributed by atoms with E-state index in [1.165, 1.54) is 6.92 Å². The molecule has 3 nitrogen and oxygen atoms in total. The Morgan fingerprint density at radius 3 is 2.75 bits per heavy atom. The van der Waals surface area contributed by atoms with E-state index in [1.54, 1.807) is 12.3 Å². The molecule has 64 valence electrons. The van der Waals surface area contributed by atoms with Crippen LogP contribution in [0.2, 0.25) is 0 Å². The van der Waals surface area contributed by atoms with Gasteiger partial charge in [0.2, 0.25) is 0 Å². The van der Waals surface area contributed by atoms with Gasteiger partial charge in [-0.1, -0.05) is 0 Å². The van der Waals surface area contributed by atoms with E-state index >= 15 is 0 Å². The van der Waals surface area contributed by atoms with E-state index in [-0.39, 0.29) is 5.78 Å². The Bertz CT molecular complexity index is 284. The number of rotatable bonds is 2. The van der Waals surface area contributed by atoms with Crippen molar-refractivity contribution in [1.82, 2.24) is 4.98 Å². The normalized spacial score (nSPS) is 12.6. The zero-order chi connectivity index (χ0) is 9.14. The lowest BCUT2D eigenvalue weighted by Crippen LogP contribution is -2.19. The highest BCUT2D eigenvalue weighted by molar-refractivity contribution is 14.1. The Hall–Kier alpha value is -0.490. The number of nitrogens with zero attached hydrogens (tertiary/aromatic N) is 1. The molecule has 0 aliphatic rings. The van der Waals surface area contributed by atoms with Gasteiger partial charge >= 0.3 is 0 Å². The van der Waals surface area contributed by atoms with Crippen molar-refractivity contribution in [3.63, 3.8) is 0 Å². The van der Waals surface area contributed by atoms with Crippen LogP contribution < -0.4 is 5.73 Å². The first-order valence-corrected chi connectivity index (χ1v) is 4.56. The monoisotopic (exact) mass is 276 g/mol. The van der Waals surface area contributed by atoms with Crippen molar-refractivity contribution >= 4 is 28.4 Å². The number of ketones is 1. The highest BCUT2D eigenvalue weighted by Gasteiger charge is 2.11. The van der Waals surface area contributed by atoms with Crippen LogP contribution in [0.1, 0.15) is 18.7 Å². The van der Waals surface area contributed by atoms with E-state index in [1.807, 2.05) is 6.07 Å². The summed E-state index contributed by atoms with van der Waals surface area (Å²) >= 11 is 2.15. The van der Waals surface area contributed by atoms with Crippen molar-refractivity contribution in [3.05, 3.63) is 27.6 Å². The van der Waals surface area contributed by atoms with E-state index < -0.39 is 6.04 Å². The van der Waals surface area contributed by atoms with Gasteiger partial charge in [-0.2, -0.15) is 0 Å². The minimum Gasteiger partial charge on any atom is -0.317 e. The average Bonchev–Trinajstić information content (AvgIpc) is 2.04. The van der Waals surface area contributed by atoms with Gasteiger partial charge in [0.1, 0.15) is 6.04 Å². The maximum atomic E-state index is 10.9. The van der Waals surface area contributed by atoms with E-state index in [2.05, 4.69) is 27.6 Å². The van der Waals surface area contributed by atoms with Crippen molar-refractivity contribution < 1.29 is 4.79 Å². The van der Waals surface area contributed by atoms with Gasteiger partial charge < -0.3 is 5.73 Å². The third-order valence-corrected chi connectivity index (χ3v) is 2.14. The molecular formula is C8H9IN2O. The molecule has 2 N–H and O–H groups in total. The molecule has 0 radical (unpaired) electrons. The first kappa shape index (κ1) is 9.60. The van der Waals surface area contributed by atoms with Crippen LogP contribution in [0.3, 0.4) is 0 Å². The summed E-state index contributed by atoms with van der Waals surface area (Å²) in [7, 11) is 0. The highest BCUT2D eigenvalue weighted by Crippen LogP contribution is 2.09. The summed E-state index contributed by atoms with van der Waals surface area (Å²) in [5, 5.41) is 0. The highest BCUT2D eigenvalue weighted by atomic mass is 127. The van der Waals surface area contributed by atoms with Gasteiger partial charge in [-0.25, -0.2) is 0 Å². The van der Waals surface area contributed by atoms with Crippen molar-refractivity contribution in [3.8, 4) is 0 Å². The molecule has 1 aromatic heterocycles. The quantitative estimate of drug-likeness (QED) is 0.828. The summed E-state index contributed by atoms with van der Waals surface area (Å²) in [6, 6.07) is 3.07. The van der Waals surface area contributed by atoms with Crippen molar-refractivity contribution in [2.75, 3.05) is 0 Å². The first-order chi connectivity index (χ1) is 5.61. The molecule has 0 bridgehead atoms.